The summed E-state index contributed by atoms with van der Waals surface area (Å²) >= 11 is 1.52. The Bertz CT molecular complexity index is 762. The van der Waals surface area contributed by atoms with Gasteiger partial charge in [-0.3, -0.25) is 0 Å². The van der Waals surface area contributed by atoms with Crippen LogP contribution in [0.15, 0.2) is 35.2 Å². The Morgan fingerprint density at radius 2 is 1.70 bits per heavy atom. The van der Waals surface area contributed by atoms with Crippen LogP contribution in [0.2, 0.25) is 0 Å². The number of rotatable bonds is 6. The number of nitrogens with zero attached hydrogens (tertiary/aromatic N) is 2. The number of sulfonamides is 1. The molecule has 0 spiro atoms. The monoisotopic (exact) mass is 352 g/mol. The highest BCUT2D eigenvalue weighted by molar-refractivity contribution is 7.89. The molecule has 2 aromatic rings. The van der Waals surface area contributed by atoms with Crippen LogP contribution in [0.4, 0.5) is 5.69 Å². The van der Waals surface area contributed by atoms with Crippen molar-refractivity contribution in [1.82, 2.24) is 4.31 Å². The van der Waals surface area contributed by atoms with Crippen molar-refractivity contribution in [3.63, 3.8) is 0 Å². The maximum Gasteiger partial charge on any atom is 0.244 e. The average Bonchev–Trinajstić information content (AvgIpc) is 2.84. The first-order valence-corrected chi connectivity index (χ1v) is 9.84. The van der Waals surface area contributed by atoms with E-state index in [4.69, 9.17) is 0 Å². The molecule has 0 aliphatic heterocycles. The zero-order valence-electron chi connectivity index (χ0n) is 14.3. The second-order valence-corrected chi connectivity index (χ2v) is 9.14. The van der Waals surface area contributed by atoms with Gasteiger partial charge in [-0.2, -0.15) is 4.31 Å². The van der Waals surface area contributed by atoms with Crippen LogP contribution in [-0.4, -0.2) is 33.4 Å². The van der Waals surface area contributed by atoms with E-state index in [2.05, 4.69) is 0 Å². The van der Waals surface area contributed by atoms with Gasteiger partial charge in [0.15, 0.2) is 0 Å². The van der Waals surface area contributed by atoms with Crippen LogP contribution >= 0.6 is 11.3 Å². The Kier molecular flexibility index (Phi) is 5.49. The molecular formula is C17H24N2O2S2. The first kappa shape index (κ1) is 18.0. The molecule has 23 heavy (non-hydrogen) atoms. The van der Waals surface area contributed by atoms with Crippen LogP contribution in [-0.2, 0) is 16.6 Å². The van der Waals surface area contributed by atoms with Crippen LogP contribution in [0.1, 0.15) is 22.2 Å². The maximum atomic E-state index is 12.9. The molecule has 4 nitrogen and oxygen atoms in total. The first-order chi connectivity index (χ1) is 10.8. The molecule has 0 amide bonds. The predicted octanol–water partition coefficient (Wildman–Crippen LogP) is 3.64. The highest BCUT2D eigenvalue weighted by Crippen LogP contribution is 2.28. The van der Waals surface area contributed by atoms with Gasteiger partial charge in [0.1, 0.15) is 0 Å². The van der Waals surface area contributed by atoms with Gasteiger partial charge >= 0.3 is 0 Å². The number of hydrogen-bond donors (Lipinski definition) is 0. The van der Waals surface area contributed by atoms with Gasteiger partial charge in [-0.05, 0) is 37.6 Å². The van der Waals surface area contributed by atoms with E-state index >= 15 is 0 Å². The molecule has 1 aromatic heterocycles. The van der Waals surface area contributed by atoms with Crippen LogP contribution in [0, 0.1) is 13.8 Å². The van der Waals surface area contributed by atoms with Crippen molar-refractivity contribution in [2.45, 2.75) is 32.2 Å². The zero-order valence-corrected chi connectivity index (χ0v) is 16.0. The summed E-state index contributed by atoms with van der Waals surface area (Å²) in [7, 11) is 0.519. The normalized spacial score (nSPS) is 11.9. The molecule has 2 rings (SSSR count). The van der Waals surface area contributed by atoms with Crippen LogP contribution < -0.4 is 4.90 Å². The average molecular weight is 353 g/mol. The van der Waals surface area contributed by atoms with Gasteiger partial charge in [-0.25, -0.2) is 8.42 Å². The Hall–Kier alpha value is -1.37. The van der Waals surface area contributed by atoms with Crippen molar-refractivity contribution >= 4 is 27.0 Å². The third-order valence-electron chi connectivity index (χ3n) is 3.78. The van der Waals surface area contributed by atoms with Crippen molar-refractivity contribution in [3.05, 3.63) is 45.6 Å². The molecule has 1 heterocycles. The van der Waals surface area contributed by atoms with E-state index < -0.39 is 10.0 Å². The number of anilines is 1. The highest BCUT2D eigenvalue weighted by Gasteiger charge is 2.26. The summed E-state index contributed by atoms with van der Waals surface area (Å²) in [5.41, 5.74) is 2.09. The third kappa shape index (κ3) is 3.94. The highest BCUT2D eigenvalue weighted by atomic mass is 32.2. The molecule has 0 saturated heterocycles. The number of hydrogen-bond acceptors (Lipinski definition) is 4. The fraction of sp³-hybridized carbons (Fsp3) is 0.412. The van der Waals surface area contributed by atoms with E-state index in [1.54, 1.807) is 6.07 Å². The van der Waals surface area contributed by atoms with E-state index in [0.717, 1.165) is 21.0 Å². The molecule has 126 valence electrons. The molecule has 0 unspecified atom stereocenters. The smallest absolute Gasteiger partial charge is 0.244 e. The largest absolute Gasteiger partial charge is 0.378 e. The predicted molar refractivity (Wildman–Crippen MR) is 97.8 cm³/mol. The van der Waals surface area contributed by atoms with Gasteiger partial charge in [0.2, 0.25) is 10.0 Å². The van der Waals surface area contributed by atoms with E-state index in [0.29, 0.717) is 18.0 Å². The fourth-order valence-corrected chi connectivity index (χ4v) is 5.43. The van der Waals surface area contributed by atoms with Crippen molar-refractivity contribution in [2.24, 2.45) is 0 Å². The van der Waals surface area contributed by atoms with Crippen molar-refractivity contribution in [3.8, 4) is 0 Å². The fourth-order valence-electron chi connectivity index (χ4n) is 2.47. The van der Waals surface area contributed by atoms with Crippen LogP contribution in [0.25, 0.3) is 0 Å². The third-order valence-corrected chi connectivity index (χ3v) is 6.92. The number of benzene rings is 1. The summed E-state index contributed by atoms with van der Waals surface area (Å²) < 4.78 is 27.3. The Morgan fingerprint density at radius 3 is 2.13 bits per heavy atom. The van der Waals surface area contributed by atoms with Crippen molar-refractivity contribution < 1.29 is 8.42 Å². The summed E-state index contributed by atoms with van der Waals surface area (Å²) in [6.45, 7) is 6.52. The molecule has 0 atom stereocenters. The van der Waals surface area contributed by atoms with Crippen molar-refractivity contribution in [1.29, 1.82) is 0 Å². The minimum atomic E-state index is -3.45. The lowest BCUT2D eigenvalue weighted by atomic mass is 10.2. The topological polar surface area (TPSA) is 40.6 Å². The molecule has 0 bridgehead atoms. The maximum absolute atomic E-state index is 12.9. The molecule has 0 aliphatic carbocycles. The zero-order chi connectivity index (χ0) is 17.2. The van der Waals surface area contributed by atoms with E-state index in [-0.39, 0.29) is 0 Å². The summed E-state index contributed by atoms with van der Waals surface area (Å²) in [5.74, 6) is 0. The van der Waals surface area contributed by atoms with Gasteiger partial charge in [-0.1, -0.05) is 19.1 Å². The quantitative estimate of drug-likeness (QED) is 0.797. The molecule has 6 heteroatoms. The minimum absolute atomic E-state index is 0.390. The summed E-state index contributed by atoms with van der Waals surface area (Å²) in [6, 6.07) is 9.76. The Morgan fingerprint density at radius 1 is 1.09 bits per heavy atom. The summed E-state index contributed by atoms with van der Waals surface area (Å²) in [5, 5.41) is 0. The van der Waals surface area contributed by atoms with Crippen LogP contribution in [0.5, 0.6) is 0 Å². The van der Waals surface area contributed by atoms with E-state index in [1.807, 2.05) is 64.0 Å². The van der Waals surface area contributed by atoms with Gasteiger partial charge in [0, 0.05) is 42.6 Å². The molecular weight excluding hydrogens is 328 g/mol. The molecule has 0 radical (unpaired) electrons. The standard InChI is InChI=1S/C17H24N2O2S2/c1-6-19(12-15-7-9-16(10-8-15)18(4)5)23(20,21)17-11-13(2)22-14(17)3/h7-11H,6,12H2,1-5H3. The van der Waals surface area contributed by atoms with E-state index in [1.165, 1.54) is 15.6 Å². The molecule has 0 saturated carbocycles. The summed E-state index contributed by atoms with van der Waals surface area (Å²) in [4.78, 5) is 4.33. The van der Waals surface area contributed by atoms with Gasteiger partial charge in [0.05, 0.1) is 4.90 Å². The summed E-state index contributed by atoms with van der Waals surface area (Å²) in [6.07, 6.45) is 0. The van der Waals surface area contributed by atoms with Gasteiger partial charge in [-0.15, -0.1) is 11.3 Å². The lowest BCUT2D eigenvalue weighted by molar-refractivity contribution is 0.423. The molecule has 0 N–H and O–H groups in total. The lowest BCUT2D eigenvalue weighted by Gasteiger charge is -2.21. The van der Waals surface area contributed by atoms with Gasteiger partial charge < -0.3 is 4.90 Å². The van der Waals surface area contributed by atoms with Gasteiger partial charge in [0.25, 0.3) is 0 Å². The Labute approximate surface area is 143 Å². The first-order valence-electron chi connectivity index (χ1n) is 7.59. The number of thiophene rings is 1. The second kappa shape index (κ2) is 7.03. The van der Waals surface area contributed by atoms with Crippen LogP contribution in [0.3, 0.4) is 0 Å². The number of aryl methyl sites for hydroxylation is 2. The minimum Gasteiger partial charge on any atom is -0.378 e. The molecule has 1 aromatic carbocycles. The molecule has 0 fully saturated rings. The molecule has 0 aliphatic rings. The lowest BCUT2D eigenvalue weighted by Crippen LogP contribution is -2.30. The second-order valence-electron chi connectivity index (χ2n) is 5.77. The SMILES string of the molecule is CCN(Cc1ccc(N(C)C)cc1)S(=O)(=O)c1cc(C)sc1C. The Balaban J connectivity index is 2.27. The van der Waals surface area contributed by atoms with Crippen molar-refractivity contribution in [2.75, 3.05) is 25.5 Å². The van der Waals surface area contributed by atoms with E-state index in [9.17, 15) is 8.42 Å².